The molecule has 0 spiro atoms. The third kappa shape index (κ3) is 4.12. The number of hydrogen-bond acceptors (Lipinski definition) is 3. The Bertz CT molecular complexity index is 1110. The van der Waals surface area contributed by atoms with Gasteiger partial charge in [0.25, 0.3) is 5.91 Å². The number of benzene rings is 2. The Kier molecular flexibility index (Phi) is 5.48. The van der Waals surface area contributed by atoms with E-state index in [4.69, 9.17) is 4.98 Å². The van der Waals surface area contributed by atoms with Crippen LogP contribution < -0.4 is 5.32 Å². The first-order chi connectivity index (χ1) is 13.7. The fraction of sp³-hybridized carbons (Fsp3) is 0.136. The number of aromatic nitrogens is 3. The van der Waals surface area contributed by atoms with Gasteiger partial charge < -0.3 is 9.88 Å². The number of amides is 1. The van der Waals surface area contributed by atoms with Crippen LogP contribution in [0.4, 0.5) is 0 Å². The summed E-state index contributed by atoms with van der Waals surface area (Å²) in [5, 5.41) is 2.95. The maximum Gasteiger partial charge on any atom is 0.252 e. The van der Waals surface area contributed by atoms with Crippen molar-refractivity contribution in [2.45, 2.75) is 13.0 Å². The number of fused-ring (bicyclic) bond motifs is 1. The number of pyridine rings is 1. The molecule has 6 heteroatoms. The third-order valence-electron chi connectivity index (χ3n) is 4.52. The summed E-state index contributed by atoms with van der Waals surface area (Å²) in [4.78, 5) is 21.0. The molecular formula is C22H19BrN4O. The van der Waals surface area contributed by atoms with Crippen LogP contribution in [-0.4, -0.2) is 27.0 Å². The zero-order valence-electron chi connectivity index (χ0n) is 15.2. The van der Waals surface area contributed by atoms with Crippen molar-refractivity contribution in [3.8, 4) is 0 Å². The van der Waals surface area contributed by atoms with E-state index >= 15 is 0 Å². The largest absolute Gasteiger partial charge is 0.352 e. The average Bonchev–Trinajstić information content (AvgIpc) is 3.06. The number of halogens is 1. The Balaban J connectivity index is 1.54. The van der Waals surface area contributed by atoms with Gasteiger partial charge in [-0.1, -0.05) is 40.2 Å². The Hall–Kier alpha value is -2.99. The van der Waals surface area contributed by atoms with Crippen molar-refractivity contribution in [1.29, 1.82) is 0 Å². The van der Waals surface area contributed by atoms with Gasteiger partial charge in [-0.3, -0.25) is 9.78 Å². The minimum absolute atomic E-state index is 0.122. The maximum absolute atomic E-state index is 12.2. The summed E-state index contributed by atoms with van der Waals surface area (Å²) < 4.78 is 3.27. The summed E-state index contributed by atoms with van der Waals surface area (Å²) in [6.07, 6.45) is 3.87. The summed E-state index contributed by atoms with van der Waals surface area (Å²) in [5.41, 5.74) is 3.81. The monoisotopic (exact) mass is 434 g/mol. The van der Waals surface area contributed by atoms with Crippen LogP contribution >= 0.6 is 15.9 Å². The Morgan fingerprint density at radius 3 is 2.79 bits per heavy atom. The second kappa shape index (κ2) is 8.35. The summed E-state index contributed by atoms with van der Waals surface area (Å²) in [5.74, 6) is 0.829. The summed E-state index contributed by atoms with van der Waals surface area (Å²) in [6.45, 7) is 1.24. The number of hydrogen-bond donors (Lipinski definition) is 1. The lowest BCUT2D eigenvalue weighted by atomic mass is 10.2. The number of nitrogens with zero attached hydrogens (tertiary/aromatic N) is 3. The molecule has 1 N–H and O–H groups in total. The SMILES string of the molecule is O=C(NCCc1nc2ccccc2n1Cc1cccc(Br)c1)c1cccnc1. The lowest BCUT2D eigenvalue weighted by Crippen LogP contribution is -2.26. The molecule has 0 aliphatic carbocycles. The maximum atomic E-state index is 12.2. The predicted octanol–water partition coefficient (Wildman–Crippen LogP) is 4.21. The van der Waals surface area contributed by atoms with Crippen LogP contribution in [0.2, 0.25) is 0 Å². The van der Waals surface area contributed by atoms with Gasteiger partial charge in [0.1, 0.15) is 5.82 Å². The van der Waals surface area contributed by atoms with Crippen LogP contribution in [-0.2, 0) is 13.0 Å². The number of carbonyl (C=O) groups is 1. The van der Waals surface area contributed by atoms with Crippen molar-refractivity contribution in [3.63, 3.8) is 0 Å². The van der Waals surface area contributed by atoms with Gasteiger partial charge >= 0.3 is 0 Å². The molecular weight excluding hydrogens is 416 g/mol. The number of nitrogens with one attached hydrogen (secondary N) is 1. The molecule has 5 nitrogen and oxygen atoms in total. The van der Waals surface area contributed by atoms with E-state index < -0.39 is 0 Å². The average molecular weight is 435 g/mol. The Morgan fingerprint density at radius 2 is 1.96 bits per heavy atom. The standard InChI is InChI=1S/C22H19BrN4O/c23-18-7-3-5-16(13-18)15-27-20-9-2-1-8-19(20)26-21(27)10-12-25-22(28)17-6-4-11-24-14-17/h1-9,11,13-14H,10,12,15H2,(H,25,28). The van der Waals surface area contributed by atoms with Crippen molar-refractivity contribution >= 4 is 32.9 Å². The van der Waals surface area contributed by atoms with Crippen molar-refractivity contribution in [1.82, 2.24) is 19.9 Å². The van der Waals surface area contributed by atoms with Gasteiger partial charge in [-0.2, -0.15) is 0 Å². The van der Waals surface area contributed by atoms with E-state index in [1.807, 2.05) is 30.3 Å². The number of imidazole rings is 1. The molecule has 0 aliphatic heterocycles. The first-order valence-electron chi connectivity index (χ1n) is 9.07. The van der Waals surface area contributed by atoms with E-state index in [-0.39, 0.29) is 5.91 Å². The van der Waals surface area contributed by atoms with E-state index in [2.05, 4.69) is 49.0 Å². The molecule has 0 saturated carbocycles. The smallest absolute Gasteiger partial charge is 0.252 e. The normalized spacial score (nSPS) is 10.9. The number of rotatable bonds is 6. The van der Waals surface area contributed by atoms with Gasteiger partial charge in [-0.15, -0.1) is 0 Å². The lowest BCUT2D eigenvalue weighted by Gasteiger charge is -2.11. The van der Waals surface area contributed by atoms with E-state index in [1.54, 1.807) is 24.5 Å². The van der Waals surface area contributed by atoms with E-state index in [0.717, 1.165) is 27.9 Å². The van der Waals surface area contributed by atoms with Crippen molar-refractivity contribution in [2.24, 2.45) is 0 Å². The molecule has 0 saturated heterocycles. The van der Waals surface area contributed by atoms with E-state index in [0.29, 0.717) is 18.5 Å². The van der Waals surface area contributed by atoms with Gasteiger partial charge in [0.2, 0.25) is 0 Å². The molecule has 0 bridgehead atoms. The highest BCUT2D eigenvalue weighted by atomic mass is 79.9. The molecule has 1 amide bonds. The Labute approximate surface area is 171 Å². The van der Waals surface area contributed by atoms with Crippen molar-refractivity contribution in [3.05, 3.63) is 94.5 Å². The second-order valence-corrected chi connectivity index (χ2v) is 7.40. The van der Waals surface area contributed by atoms with Crippen LogP contribution in [0.1, 0.15) is 21.7 Å². The molecule has 0 radical (unpaired) electrons. The number of para-hydroxylation sites is 2. The number of carbonyl (C=O) groups excluding carboxylic acids is 1. The van der Waals surface area contributed by atoms with Crippen molar-refractivity contribution < 1.29 is 4.79 Å². The molecule has 28 heavy (non-hydrogen) atoms. The van der Waals surface area contributed by atoms with Gasteiger partial charge in [0.05, 0.1) is 16.6 Å². The van der Waals surface area contributed by atoms with Gasteiger partial charge in [-0.05, 0) is 42.0 Å². The third-order valence-corrected chi connectivity index (χ3v) is 5.01. The van der Waals surface area contributed by atoms with Crippen LogP contribution in [0.15, 0.2) is 77.5 Å². The minimum Gasteiger partial charge on any atom is -0.352 e. The molecule has 140 valence electrons. The predicted molar refractivity (Wildman–Crippen MR) is 113 cm³/mol. The molecule has 0 atom stereocenters. The lowest BCUT2D eigenvalue weighted by molar-refractivity contribution is 0.0953. The summed E-state index contributed by atoms with van der Waals surface area (Å²) in [6, 6.07) is 19.9. The van der Waals surface area contributed by atoms with Crippen molar-refractivity contribution in [2.75, 3.05) is 6.54 Å². The second-order valence-electron chi connectivity index (χ2n) is 6.48. The van der Waals surface area contributed by atoms with E-state index in [9.17, 15) is 4.79 Å². The Morgan fingerprint density at radius 1 is 1.07 bits per heavy atom. The minimum atomic E-state index is -0.122. The topological polar surface area (TPSA) is 59.8 Å². The quantitative estimate of drug-likeness (QED) is 0.494. The highest BCUT2D eigenvalue weighted by molar-refractivity contribution is 9.10. The fourth-order valence-electron chi connectivity index (χ4n) is 3.20. The molecule has 2 aromatic heterocycles. The molecule has 4 rings (SSSR count). The molecule has 0 fully saturated rings. The first-order valence-corrected chi connectivity index (χ1v) is 9.87. The van der Waals surface area contributed by atoms with Gasteiger partial charge in [-0.25, -0.2) is 4.98 Å². The highest BCUT2D eigenvalue weighted by Gasteiger charge is 2.12. The molecule has 4 aromatic rings. The molecule has 2 heterocycles. The van der Waals surface area contributed by atoms with E-state index in [1.165, 1.54) is 5.56 Å². The van der Waals surface area contributed by atoms with Gasteiger partial charge in [0.15, 0.2) is 0 Å². The highest BCUT2D eigenvalue weighted by Crippen LogP contribution is 2.20. The molecule has 0 unspecified atom stereocenters. The molecule has 2 aromatic carbocycles. The van der Waals surface area contributed by atoms with Crippen LogP contribution in [0.5, 0.6) is 0 Å². The summed E-state index contributed by atoms with van der Waals surface area (Å²) in [7, 11) is 0. The van der Waals surface area contributed by atoms with Gasteiger partial charge in [0, 0.05) is 36.4 Å². The zero-order valence-corrected chi connectivity index (χ0v) is 16.8. The van der Waals surface area contributed by atoms with Crippen LogP contribution in [0, 0.1) is 0 Å². The zero-order chi connectivity index (χ0) is 19.3. The van der Waals surface area contributed by atoms with Crippen LogP contribution in [0.25, 0.3) is 11.0 Å². The fourth-order valence-corrected chi connectivity index (χ4v) is 3.64. The molecule has 0 aliphatic rings. The van der Waals surface area contributed by atoms with Crippen LogP contribution in [0.3, 0.4) is 0 Å². The first kappa shape index (κ1) is 18.4. The summed E-state index contributed by atoms with van der Waals surface area (Å²) >= 11 is 3.54.